The third kappa shape index (κ3) is 11.2. The summed E-state index contributed by atoms with van der Waals surface area (Å²) < 4.78 is 0. The first kappa shape index (κ1) is 36.6. The van der Waals surface area contributed by atoms with Gasteiger partial charge in [-0.05, 0) is 67.9 Å². The molecule has 6 nitrogen and oxygen atoms in total. The first-order chi connectivity index (χ1) is 21.6. The highest BCUT2D eigenvalue weighted by molar-refractivity contribution is 6.33. The van der Waals surface area contributed by atoms with E-state index in [2.05, 4.69) is 0 Å². The summed E-state index contributed by atoms with van der Waals surface area (Å²) in [4.78, 5) is 43.4. The minimum absolute atomic E-state index is 0.155. The highest BCUT2D eigenvalue weighted by Crippen LogP contribution is 2.37. The third-order valence-electron chi connectivity index (χ3n) is 8.11. The van der Waals surface area contributed by atoms with Crippen molar-refractivity contribution in [3.63, 3.8) is 0 Å². The number of carbonyl (C=O) groups is 4. The number of aliphatic hydroxyl groups is 2. The maximum absolute atomic E-state index is 11.5. The number of ketones is 3. The molecule has 3 fully saturated rings. The van der Waals surface area contributed by atoms with E-state index in [0.29, 0.717) is 50.4 Å². The van der Waals surface area contributed by atoms with Crippen LogP contribution in [0, 0.1) is 11.8 Å². The molecule has 0 saturated heterocycles. The van der Waals surface area contributed by atoms with Gasteiger partial charge in [0.15, 0.2) is 6.29 Å². The topological polar surface area (TPSA) is 109 Å². The number of carbonyl (C=O) groups excluding carboxylic acids is 4. The number of benzene rings is 3. The maximum Gasteiger partial charge on any atom is 0.151 e. The first-order valence-corrected chi connectivity index (χ1v) is 16.4. The molecule has 0 heterocycles. The van der Waals surface area contributed by atoms with Crippen molar-refractivity contribution in [2.75, 3.05) is 0 Å². The van der Waals surface area contributed by atoms with E-state index in [-0.39, 0.29) is 23.4 Å². The summed E-state index contributed by atoms with van der Waals surface area (Å²) in [6.45, 7) is 0. The van der Waals surface area contributed by atoms with Crippen LogP contribution in [0.5, 0.6) is 0 Å². The lowest BCUT2D eigenvalue weighted by Gasteiger charge is -2.17. The van der Waals surface area contributed by atoms with E-state index in [0.717, 1.165) is 57.7 Å². The molecule has 240 valence electrons. The molecule has 0 aromatic heterocycles. The number of hydrogen-bond acceptors (Lipinski definition) is 6. The smallest absolute Gasteiger partial charge is 0.151 e. The maximum atomic E-state index is 11.5. The van der Waals surface area contributed by atoms with Crippen LogP contribution in [0.4, 0.5) is 0 Å². The highest BCUT2D eigenvalue weighted by atomic mass is 35.5. The van der Waals surface area contributed by atoms with E-state index in [1.165, 1.54) is 0 Å². The second kappa shape index (κ2) is 18.9. The van der Waals surface area contributed by atoms with Gasteiger partial charge in [-0.1, -0.05) is 89.4 Å². The quantitative estimate of drug-likeness (QED) is 0.262. The normalized spacial score (nSPS) is 20.2. The minimum atomic E-state index is -0.742. The molecule has 3 aromatic rings. The van der Waals surface area contributed by atoms with Crippen LogP contribution in [0.2, 0.25) is 15.1 Å². The molecule has 0 unspecified atom stereocenters. The average Bonchev–Trinajstić information content (AvgIpc) is 3.81. The van der Waals surface area contributed by atoms with E-state index in [1.54, 1.807) is 48.5 Å². The van der Waals surface area contributed by atoms with Gasteiger partial charge in [0.05, 0.1) is 17.2 Å². The van der Waals surface area contributed by atoms with Gasteiger partial charge in [-0.3, -0.25) is 19.2 Å². The molecule has 45 heavy (non-hydrogen) atoms. The predicted octanol–water partition coefficient (Wildman–Crippen LogP) is 8.77. The second-order valence-electron chi connectivity index (χ2n) is 11.2. The molecule has 3 aromatic carbocycles. The van der Waals surface area contributed by atoms with Crippen LogP contribution >= 0.6 is 34.8 Å². The lowest BCUT2D eigenvalue weighted by Crippen LogP contribution is -2.16. The van der Waals surface area contributed by atoms with Gasteiger partial charge in [-0.15, -0.1) is 0 Å². The molecular weight excluding hydrogens is 635 g/mol. The van der Waals surface area contributed by atoms with Gasteiger partial charge < -0.3 is 10.2 Å². The summed E-state index contributed by atoms with van der Waals surface area (Å²) in [5.74, 6) is 0.245. The number of aliphatic hydroxyl groups excluding tert-OH is 2. The summed E-state index contributed by atoms with van der Waals surface area (Å²) in [7, 11) is 0. The zero-order valence-electron chi connectivity index (χ0n) is 25.0. The number of halogens is 3. The van der Waals surface area contributed by atoms with Gasteiger partial charge in [0.1, 0.15) is 17.3 Å². The Labute approximate surface area is 279 Å². The lowest BCUT2D eigenvalue weighted by atomic mass is 9.94. The Hall–Kier alpha value is -2.87. The summed E-state index contributed by atoms with van der Waals surface area (Å²) in [5.41, 5.74) is 1.87. The van der Waals surface area contributed by atoms with Crippen molar-refractivity contribution < 1.29 is 29.4 Å². The Bertz CT molecular complexity index is 1360. The molecule has 3 aliphatic carbocycles. The third-order valence-corrected chi connectivity index (χ3v) is 9.14. The number of aldehydes is 1. The van der Waals surface area contributed by atoms with Crippen molar-refractivity contribution in [3.05, 3.63) is 105 Å². The van der Waals surface area contributed by atoms with Crippen molar-refractivity contribution in [3.8, 4) is 0 Å². The number of rotatable bonds is 5. The van der Waals surface area contributed by atoms with Crippen LogP contribution < -0.4 is 0 Å². The van der Waals surface area contributed by atoms with Gasteiger partial charge in [-0.25, -0.2) is 0 Å². The second-order valence-corrected chi connectivity index (χ2v) is 12.5. The van der Waals surface area contributed by atoms with E-state index in [4.69, 9.17) is 34.8 Å². The fourth-order valence-electron chi connectivity index (χ4n) is 5.56. The van der Waals surface area contributed by atoms with Crippen molar-refractivity contribution >= 4 is 58.4 Å². The summed E-state index contributed by atoms with van der Waals surface area (Å²) in [6, 6.07) is 21.2. The monoisotopic (exact) mass is 672 g/mol. The molecule has 6 rings (SSSR count). The predicted molar refractivity (Wildman–Crippen MR) is 178 cm³/mol. The molecular formula is C36H39Cl3O6. The van der Waals surface area contributed by atoms with Gasteiger partial charge in [0.25, 0.3) is 0 Å². The molecule has 0 radical (unpaired) electrons. The molecule has 0 bridgehead atoms. The first-order valence-electron chi connectivity index (χ1n) is 15.3. The van der Waals surface area contributed by atoms with E-state index in [1.807, 2.05) is 24.3 Å². The molecule has 0 spiro atoms. The van der Waals surface area contributed by atoms with Crippen molar-refractivity contribution in [1.29, 1.82) is 0 Å². The van der Waals surface area contributed by atoms with E-state index in [9.17, 15) is 29.4 Å². The van der Waals surface area contributed by atoms with Gasteiger partial charge in [0, 0.05) is 53.1 Å². The number of hydrogen-bond donors (Lipinski definition) is 2. The van der Waals surface area contributed by atoms with Gasteiger partial charge in [-0.2, -0.15) is 0 Å². The average molecular weight is 674 g/mol. The van der Waals surface area contributed by atoms with Crippen LogP contribution in [-0.2, 0) is 14.4 Å². The SMILES string of the molecule is O=C1CCCC1.O=C1CCC[C@@H]1[C@@H](O)c1ccccc1Cl.O=C1CCC[C@H]1[C@@H](O)c1ccccc1Cl.O=Cc1ccccc1Cl. The Morgan fingerprint density at radius 3 is 1.27 bits per heavy atom. The van der Waals surface area contributed by atoms with Crippen LogP contribution in [0.25, 0.3) is 0 Å². The van der Waals surface area contributed by atoms with Crippen molar-refractivity contribution in [2.45, 2.75) is 76.4 Å². The molecule has 2 N–H and O–H groups in total. The largest absolute Gasteiger partial charge is 0.388 e. The molecule has 0 amide bonds. The number of Topliss-reactive ketones (excluding diaryl/α,β-unsaturated/α-hetero) is 3. The molecule has 3 aliphatic rings. The van der Waals surface area contributed by atoms with E-state index >= 15 is 0 Å². The summed E-state index contributed by atoms with van der Waals surface area (Å²) >= 11 is 17.5. The Morgan fingerprint density at radius 2 is 0.978 bits per heavy atom. The highest BCUT2D eigenvalue weighted by Gasteiger charge is 2.33. The van der Waals surface area contributed by atoms with Crippen molar-refractivity contribution in [2.24, 2.45) is 11.8 Å². The van der Waals surface area contributed by atoms with Gasteiger partial charge in [0.2, 0.25) is 0 Å². The molecule has 9 heteroatoms. The van der Waals surface area contributed by atoms with Crippen LogP contribution in [0.1, 0.15) is 97.9 Å². The van der Waals surface area contributed by atoms with E-state index < -0.39 is 12.2 Å². The fourth-order valence-corrected chi connectivity index (χ4v) is 6.23. The lowest BCUT2D eigenvalue weighted by molar-refractivity contribution is -0.124. The Balaban J connectivity index is 0.000000173. The standard InChI is InChI=1S/2C12H13ClO2.C7H5ClO.C5H8O/c2*13-10-6-2-1-4-8(10)12(15)9-5-3-7-11(9)14;8-7-4-2-1-3-6(7)5-9;6-5-3-1-2-4-5/h2*1-2,4,6,9,12,15H,3,5,7H2;1-5H;1-4H2/t9-,12+;9-,12-;;/m10../s1. The molecule has 4 atom stereocenters. The van der Waals surface area contributed by atoms with Crippen LogP contribution in [0.3, 0.4) is 0 Å². The zero-order chi connectivity index (χ0) is 32.8. The fraction of sp³-hybridized carbons (Fsp3) is 0.389. The van der Waals surface area contributed by atoms with Crippen LogP contribution in [0.15, 0.2) is 72.8 Å². The van der Waals surface area contributed by atoms with Gasteiger partial charge >= 0.3 is 0 Å². The molecule has 3 saturated carbocycles. The summed E-state index contributed by atoms with van der Waals surface area (Å²) in [6.07, 6.45) is 7.70. The Kier molecular flexibility index (Phi) is 15.4. The molecule has 0 aliphatic heterocycles. The van der Waals surface area contributed by atoms with Crippen LogP contribution in [-0.4, -0.2) is 33.8 Å². The zero-order valence-corrected chi connectivity index (χ0v) is 27.3. The minimum Gasteiger partial charge on any atom is -0.388 e. The van der Waals surface area contributed by atoms with Crippen molar-refractivity contribution in [1.82, 2.24) is 0 Å². The summed E-state index contributed by atoms with van der Waals surface area (Å²) in [5, 5.41) is 21.7. The Morgan fingerprint density at radius 1 is 0.578 bits per heavy atom.